The van der Waals surface area contributed by atoms with Gasteiger partial charge in [0.15, 0.2) is 17.5 Å². The Bertz CT molecular complexity index is 4260. The molecule has 0 unspecified atom stereocenters. The van der Waals surface area contributed by atoms with Gasteiger partial charge < -0.3 is 8.98 Å². The van der Waals surface area contributed by atoms with E-state index in [9.17, 15) is 0 Å². The number of hydrogen-bond donors (Lipinski definition) is 0. The largest absolute Gasteiger partial charge is 0.456 e. The van der Waals surface area contributed by atoms with Crippen molar-refractivity contribution in [2.24, 2.45) is 0 Å². The molecule has 0 N–H and O–H groups in total. The number of benzene rings is 11. The van der Waals surface area contributed by atoms with Gasteiger partial charge in [0.05, 0.1) is 16.7 Å². The Kier molecular flexibility index (Phi) is 7.33. The van der Waals surface area contributed by atoms with Crippen molar-refractivity contribution in [1.29, 1.82) is 0 Å². The standard InChI is InChI=1S/C59H34N4O/c1-2-14-37(15-3-1)57-60-58(41-24-27-44-40(30-41)23-22-35-12-6-8-18-43(35)44)62-59(61-57)42-25-28-46-48(32-42)56-47-20-10-11-21-53(47)64-54(56)34-52(46)63-50-29-26-36-13-7-9-19-45(36)55(50)49-31-38-16-4-5-17-39(38)33-51(49)63/h1-34H. The molecule has 14 rings (SSSR count). The van der Waals surface area contributed by atoms with Gasteiger partial charge >= 0.3 is 0 Å². The third kappa shape index (κ3) is 5.22. The molecule has 0 radical (unpaired) electrons. The zero-order valence-corrected chi connectivity index (χ0v) is 34.3. The molecule has 14 aromatic rings. The van der Waals surface area contributed by atoms with Crippen molar-refractivity contribution >= 4 is 97.6 Å². The molecule has 0 fully saturated rings. The summed E-state index contributed by atoms with van der Waals surface area (Å²) in [4.78, 5) is 15.6. The number of rotatable bonds is 4. The molecule has 5 nitrogen and oxygen atoms in total. The minimum absolute atomic E-state index is 0.602. The van der Waals surface area contributed by atoms with E-state index < -0.39 is 0 Å². The molecule has 3 heterocycles. The van der Waals surface area contributed by atoms with Gasteiger partial charge in [-0.25, -0.2) is 15.0 Å². The van der Waals surface area contributed by atoms with Gasteiger partial charge in [0.1, 0.15) is 11.2 Å². The van der Waals surface area contributed by atoms with Crippen molar-refractivity contribution in [3.05, 3.63) is 206 Å². The Balaban J connectivity index is 1.04. The van der Waals surface area contributed by atoms with Crippen LogP contribution in [0.15, 0.2) is 211 Å². The fraction of sp³-hybridized carbons (Fsp3) is 0. The summed E-state index contributed by atoms with van der Waals surface area (Å²) in [7, 11) is 0. The van der Waals surface area contributed by atoms with Gasteiger partial charge in [-0.05, 0) is 84.9 Å². The SMILES string of the molecule is c1ccc(-c2nc(-c3ccc4c(ccc5ccccc54)c3)nc(-c3ccc4c(-n5c6cc7ccccc7cc6c6c7ccccc7ccc65)cc5oc6ccccc6c5c4c3)n2)cc1. The smallest absolute Gasteiger partial charge is 0.164 e. The summed E-state index contributed by atoms with van der Waals surface area (Å²) in [5, 5.41) is 16.4. The predicted molar refractivity (Wildman–Crippen MR) is 265 cm³/mol. The number of para-hydroxylation sites is 1. The number of nitrogens with zero attached hydrogens (tertiary/aromatic N) is 4. The van der Waals surface area contributed by atoms with Crippen LogP contribution in [0.1, 0.15) is 0 Å². The van der Waals surface area contributed by atoms with E-state index in [0.717, 1.165) is 71.5 Å². The molecule has 11 aromatic carbocycles. The lowest BCUT2D eigenvalue weighted by atomic mass is 9.99. The summed E-state index contributed by atoms with van der Waals surface area (Å²) in [6.45, 7) is 0. The zero-order chi connectivity index (χ0) is 41.9. The zero-order valence-electron chi connectivity index (χ0n) is 34.3. The summed E-state index contributed by atoms with van der Waals surface area (Å²) in [5.41, 5.74) is 7.75. The van der Waals surface area contributed by atoms with Gasteiger partial charge in [-0.15, -0.1) is 0 Å². The normalized spacial score (nSPS) is 12.1. The predicted octanol–water partition coefficient (Wildman–Crippen LogP) is 15.6. The molecule has 0 saturated heterocycles. The van der Waals surface area contributed by atoms with Crippen molar-refractivity contribution < 1.29 is 4.42 Å². The Morgan fingerprint density at radius 3 is 1.67 bits per heavy atom. The molecule has 0 saturated carbocycles. The average molecular weight is 815 g/mol. The number of fused-ring (bicyclic) bond motifs is 14. The lowest BCUT2D eigenvalue weighted by molar-refractivity contribution is 0.669. The topological polar surface area (TPSA) is 56.7 Å². The van der Waals surface area contributed by atoms with E-state index >= 15 is 0 Å². The van der Waals surface area contributed by atoms with Crippen LogP contribution in [0.4, 0.5) is 0 Å². The Hall–Kier alpha value is -8.67. The van der Waals surface area contributed by atoms with Crippen LogP contribution in [-0.4, -0.2) is 19.5 Å². The lowest BCUT2D eigenvalue weighted by Gasteiger charge is -2.14. The van der Waals surface area contributed by atoms with Gasteiger partial charge in [-0.3, -0.25) is 0 Å². The maximum absolute atomic E-state index is 6.77. The summed E-state index contributed by atoms with van der Waals surface area (Å²) in [5.74, 6) is 1.85. The maximum atomic E-state index is 6.77. The second-order valence-electron chi connectivity index (χ2n) is 16.8. The molecule has 0 aliphatic heterocycles. The molecule has 0 amide bonds. The average Bonchev–Trinajstić information content (AvgIpc) is 3.90. The molecule has 0 spiro atoms. The minimum atomic E-state index is 0.602. The molecule has 0 aliphatic carbocycles. The maximum Gasteiger partial charge on any atom is 0.164 e. The molecule has 5 heteroatoms. The van der Waals surface area contributed by atoms with Gasteiger partial charge in [-0.2, -0.15) is 0 Å². The number of aromatic nitrogens is 4. The van der Waals surface area contributed by atoms with E-state index in [1.807, 2.05) is 24.3 Å². The monoisotopic (exact) mass is 814 g/mol. The van der Waals surface area contributed by atoms with E-state index in [-0.39, 0.29) is 0 Å². The van der Waals surface area contributed by atoms with Crippen molar-refractivity contribution in [3.63, 3.8) is 0 Å². The molecule has 0 atom stereocenters. The summed E-state index contributed by atoms with van der Waals surface area (Å²) in [6.07, 6.45) is 0. The van der Waals surface area contributed by atoms with Crippen LogP contribution < -0.4 is 0 Å². The summed E-state index contributed by atoms with van der Waals surface area (Å²) in [6, 6.07) is 73.4. The Morgan fingerprint density at radius 1 is 0.297 bits per heavy atom. The van der Waals surface area contributed by atoms with Gasteiger partial charge in [-0.1, -0.05) is 164 Å². The van der Waals surface area contributed by atoms with E-state index in [4.69, 9.17) is 19.4 Å². The molecule has 3 aromatic heterocycles. The Morgan fingerprint density at radius 2 is 0.875 bits per heavy atom. The van der Waals surface area contributed by atoms with E-state index in [0.29, 0.717) is 17.5 Å². The van der Waals surface area contributed by atoms with Crippen molar-refractivity contribution in [2.45, 2.75) is 0 Å². The molecular formula is C59H34N4O. The Labute approximate surface area is 366 Å². The molecule has 296 valence electrons. The van der Waals surface area contributed by atoms with E-state index in [2.05, 4.69) is 187 Å². The molecular weight excluding hydrogens is 781 g/mol. The van der Waals surface area contributed by atoms with Crippen LogP contribution in [0.25, 0.3) is 137 Å². The lowest BCUT2D eigenvalue weighted by Crippen LogP contribution is -2.01. The highest BCUT2D eigenvalue weighted by atomic mass is 16.3. The van der Waals surface area contributed by atoms with Crippen LogP contribution in [0.2, 0.25) is 0 Å². The quantitative estimate of drug-likeness (QED) is 0.166. The number of hydrogen-bond acceptors (Lipinski definition) is 4. The third-order valence-corrected chi connectivity index (χ3v) is 13.1. The highest BCUT2D eigenvalue weighted by molar-refractivity contribution is 6.26. The molecule has 0 aliphatic rings. The van der Waals surface area contributed by atoms with E-state index in [1.54, 1.807) is 0 Å². The first-order chi connectivity index (χ1) is 31.7. The summed E-state index contributed by atoms with van der Waals surface area (Å²) < 4.78 is 9.21. The molecule has 0 bridgehead atoms. The highest BCUT2D eigenvalue weighted by Gasteiger charge is 2.22. The van der Waals surface area contributed by atoms with Crippen LogP contribution in [0.3, 0.4) is 0 Å². The van der Waals surface area contributed by atoms with Crippen LogP contribution in [0, 0.1) is 0 Å². The van der Waals surface area contributed by atoms with Gasteiger partial charge in [0, 0.05) is 49.7 Å². The van der Waals surface area contributed by atoms with Gasteiger partial charge in [0.25, 0.3) is 0 Å². The first kappa shape index (κ1) is 35.0. The second-order valence-corrected chi connectivity index (χ2v) is 16.8. The van der Waals surface area contributed by atoms with Crippen LogP contribution in [-0.2, 0) is 0 Å². The number of furan rings is 1. The first-order valence-electron chi connectivity index (χ1n) is 21.7. The molecule has 64 heavy (non-hydrogen) atoms. The van der Waals surface area contributed by atoms with Crippen molar-refractivity contribution in [1.82, 2.24) is 19.5 Å². The van der Waals surface area contributed by atoms with Gasteiger partial charge in [0.2, 0.25) is 0 Å². The van der Waals surface area contributed by atoms with E-state index in [1.165, 1.54) is 48.5 Å². The van der Waals surface area contributed by atoms with Crippen LogP contribution >= 0.6 is 0 Å². The third-order valence-electron chi connectivity index (χ3n) is 13.1. The fourth-order valence-corrected chi connectivity index (χ4v) is 10.2. The van der Waals surface area contributed by atoms with Crippen molar-refractivity contribution in [3.8, 4) is 39.9 Å². The fourth-order valence-electron chi connectivity index (χ4n) is 10.2. The van der Waals surface area contributed by atoms with Crippen molar-refractivity contribution in [2.75, 3.05) is 0 Å². The summed E-state index contributed by atoms with van der Waals surface area (Å²) >= 11 is 0. The first-order valence-corrected chi connectivity index (χ1v) is 21.7. The minimum Gasteiger partial charge on any atom is -0.456 e. The highest BCUT2D eigenvalue weighted by Crippen LogP contribution is 2.44. The second kappa shape index (κ2) is 13.4. The van der Waals surface area contributed by atoms with Crippen LogP contribution in [0.5, 0.6) is 0 Å².